The second-order valence-corrected chi connectivity index (χ2v) is 13.8. The average molecular weight is 819 g/mol. The zero-order chi connectivity index (χ0) is 42.3. The highest BCUT2D eigenvalue weighted by molar-refractivity contribution is 5.98. The van der Waals surface area contributed by atoms with E-state index in [0.29, 0.717) is 95.2 Å². The van der Waals surface area contributed by atoms with Gasteiger partial charge in [-0.25, -0.2) is 14.6 Å². The molecule has 2 heterocycles. The normalized spacial score (nSPS) is 11.6. The number of hydrogen-bond acceptors (Lipinski definition) is 16. The van der Waals surface area contributed by atoms with Crippen molar-refractivity contribution in [2.75, 3.05) is 96.9 Å². The number of methoxy groups -OCH3 is 1. The smallest absolute Gasteiger partial charge is 0.407 e. The van der Waals surface area contributed by atoms with E-state index in [9.17, 15) is 14.9 Å². The molecule has 0 spiro atoms. The zero-order valence-corrected chi connectivity index (χ0v) is 34.1. The van der Waals surface area contributed by atoms with Gasteiger partial charge in [-0.15, -0.1) is 0 Å². The molecule has 0 saturated carbocycles. The summed E-state index contributed by atoms with van der Waals surface area (Å²) in [6.45, 7) is 10.8. The second-order valence-electron chi connectivity index (χ2n) is 13.8. The van der Waals surface area contributed by atoms with Crippen molar-refractivity contribution in [2.24, 2.45) is 0 Å². The number of H-pyrrole nitrogens is 1. The number of carbonyl (C=O) groups is 2. The van der Waals surface area contributed by atoms with Crippen LogP contribution in [-0.2, 0) is 51.1 Å². The van der Waals surface area contributed by atoms with E-state index in [1.165, 1.54) is 12.4 Å². The first-order valence-electron chi connectivity index (χ1n) is 19.1. The highest BCUT2D eigenvalue weighted by Gasteiger charge is 2.20. The van der Waals surface area contributed by atoms with Crippen molar-refractivity contribution in [2.45, 2.75) is 39.5 Å². The van der Waals surface area contributed by atoms with Crippen LogP contribution in [0.3, 0.4) is 0 Å². The van der Waals surface area contributed by atoms with Crippen molar-refractivity contribution in [1.82, 2.24) is 25.3 Å². The number of imidazole rings is 1. The Bertz CT molecular complexity index is 1940. The predicted octanol–water partition coefficient (Wildman–Crippen LogP) is 4.21. The third-order valence-corrected chi connectivity index (χ3v) is 8.06. The fourth-order valence-electron chi connectivity index (χ4n) is 5.17. The molecular formula is C41H54N8O10. The summed E-state index contributed by atoms with van der Waals surface area (Å²) >= 11 is 0. The van der Waals surface area contributed by atoms with Crippen LogP contribution < -0.4 is 20.7 Å². The van der Waals surface area contributed by atoms with Crippen LogP contribution in [0.1, 0.15) is 37.5 Å². The van der Waals surface area contributed by atoms with Crippen molar-refractivity contribution in [3.8, 4) is 11.9 Å². The Morgan fingerprint density at radius 1 is 0.847 bits per heavy atom. The van der Waals surface area contributed by atoms with E-state index in [4.69, 9.17) is 43.6 Å². The van der Waals surface area contributed by atoms with Crippen LogP contribution in [0.4, 0.5) is 16.4 Å². The first-order valence-corrected chi connectivity index (χ1v) is 19.1. The topological polar surface area (TPSA) is 228 Å². The number of nitrogens with two attached hydrogens (primary N) is 1. The minimum Gasteiger partial charge on any atom is -0.471 e. The average Bonchev–Trinajstić information content (AvgIpc) is 3.69. The number of nitrogens with zero attached hydrogens (tertiary/aromatic N) is 5. The van der Waals surface area contributed by atoms with Gasteiger partial charge in [0, 0.05) is 25.9 Å². The minimum atomic E-state index is -0.731. The maximum absolute atomic E-state index is 12.7. The highest BCUT2D eigenvalue weighted by atomic mass is 16.6. The number of rotatable bonds is 26. The quantitative estimate of drug-likeness (QED) is 0.0349. The first kappa shape index (κ1) is 45.9. The molecule has 0 radical (unpaired) electrons. The molecule has 2 aromatic carbocycles. The molecule has 18 nitrogen and oxygen atoms in total. The van der Waals surface area contributed by atoms with E-state index in [0.717, 1.165) is 16.8 Å². The molecule has 4 aromatic rings. The van der Waals surface area contributed by atoms with Gasteiger partial charge in [0.25, 0.3) is 0 Å². The van der Waals surface area contributed by atoms with Gasteiger partial charge in [0.05, 0.1) is 72.3 Å². The van der Waals surface area contributed by atoms with Gasteiger partial charge in [0.2, 0.25) is 11.8 Å². The molecule has 0 bridgehead atoms. The van der Waals surface area contributed by atoms with E-state index in [-0.39, 0.29) is 31.3 Å². The number of amides is 1. The number of ether oxygens (including phenoxy) is 8. The summed E-state index contributed by atoms with van der Waals surface area (Å²) in [7, 11) is 1.63. The van der Waals surface area contributed by atoms with Gasteiger partial charge in [0.15, 0.2) is 5.65 Å². The largest absolute Gasteiger partial charge is 0.471 e. The lowest BCUT2D eigenvalue weighted by Crippen LogP contribution is -2.33. The summed E-state index contributed by atoms with van der Waals surface area (Å²) in [6, 6.07) is 16.8. The molecule has 59 heavy (non-hydrogen) atoms. The fraction of sp³-hybridized carbons (Fsp3) is 0.463. The fourth-order valence-corrected chi connectivity index (χ4v) is 5.17. The third kappa shape index (κ3) is 17.3. The van der Waals surface area contributed by atoms with Crippen LogP contribution in [0.5, 0.6) is 5.88 Å². The van der Waals surface area contributed by atoms with Gasteiger partial charge in [-0.3, -0.25) is 0 Å². The lowest BCUT2D eigenvalue weighted by atomic mass is 10.1. The molecule has 0 aliphatic carbocycles. The number of fused-ring (bicyclic) bond motifs is 1. The molecule has 318 valence electrons. The number of anilines is 2. The molecule has 0 aliphatic heterocycles. The number of hydrogen-bond donors (Lipinski definition) is 3. The summed E-state index contributed by atoms with van der Waals surface area (Å²) in [5, 5.41) is 12.4. The predicted molar refractivity (Wildman–Crippen MR) is 218 cm³/mol. The van der Waals surface area contributed by atoms with Crippen molar-refractivity contribution in [3.63, 3.8) is 0 Å². The van der Waals surface area contributed by atoms with Crippen LogP contribution in [0.2, 0.25) is 0 Å². The van der Waals surface area contributed by atoms with Crippen molar-refractivity contribution in [1.29, 1.82) is 5.26 Å². The monoisotopic (exact) mass is 818 g/mol. The number of nitrogens with one attached hydrogen (secondary N) is 2. The Balaban J connectivity index is 1.23. The number of aromatic amines is 1. The van der Waals surface area contributed by atoms with Gasteiger partial charge >= 0.3 is 12.1 Å². The molecule has 0 saturated heterocycles. The van der Waals surface area contributed by atoms with Crippen molar-refractivity contribution in [3.05, 3.63) is 77.1 Å². The Labute approximate surface area is 343 Å². The first-order chi connectivity index (χ1) is 28.5. The van der Waals surface area contributed by atoms with Gasteiger partial charge in [-0.1, -0.05) is 36.4 Å². The van der Waals surface area contributed by atoms with E-state index in [1.54, 1.807) is 40.0 Å². The molecule has 0 fully saturated rings. The van der Waals surface area contributed by atoms with Crippen LogP contribution in [0.15, 0.2) is 60.4 Å². The second kappa shape index (κ2) is 24.8. The van der Waals surface area contributed by atoms with E-state index in [2.05, 4.69) is 25.3 Å². The maximum Gasteiger partial charge on any atom is 0.407 e. The van der Waals surface area contributed by atoms with Crippen LogP contribution >= 0.6 is 0 Å². The van der Waals surface area contributed by atoms with Gasteiger partial charge in [0.1, 0.15) is 36.0 Å². The van der Waals surface area contributed by atoms with Gasteiger partial charge < -0.3 is 58.8 Å². The van der Waals surface area contributed by atoms with Crippen molar-refractivity contribution < 1.29 is 47.5 Å². The van der Waals surface area contributed by atoms with E-state index < -0.39 is 17.7 Å². The van der Waals surface area contributed by atoms with Gasteiger partial charge in [-0.05, 0) is 55.7 Å². The number of nitriles is 1. The Hall–Kier alpha value is -5.84. The molecular weight excluding hydrogens is 764 g/mol. The number of aromatic nitrogens is 4. The Kier molecular flexibility index (Phi) is 19.3. The molecule has 2 aromatic heterocycles. The minimum absolute atomic E-state index is 0.0674. The number of nitrogen functional groups attached to an aromatic ring is 1. The summed E-state index contributed by atoms with van der Waals surface area (Å²) in [6.07, 6.45) is 2.41. The summed E-state index contributed by atoms with van der Waals surface area (Å²) in [4.78, 5) is 42.4. The summed E-state index contributed by atoms with van der Waals surface area (Å²) < 4.78 is 43.9. The lowest BCUT2D eigenvalue weighted by Gasteiger charge is -2.25. The molecule has 0 atom stereocenters. The van der Waals surface area contributed by atoms with Crippen molar-refractivity contribution >= 4 is 40.9 Å². The van der Waals surface area contributed by atoms with Gasteiger partial charge in [-0.2, -0.15) is 15.2 Å². The maximum atomic E-state index is 12.7. The molecule has 0 aliphatic rings. The molecule has 0 unspecified atom stereocenters. The zero-order valence-electron chi connectivity index (χ0n) is 34.1. The standard InChI is InChI=1S/C41H54N8O10/c1-41(2,3)59-38(50)33(26-42)25-30-9-11-34(12-10-30)49(13-15-53-19-20-55-23-24-56-22-21-54-18-17-52-4)14-16-57-40(51)44-27-31-5-7-32(8-6-31)28-58-37-35-36(46-29-45-35)47-39(43)48-37/h5-12,25,29H,13-24,27-28H2,1-4H3,(H,44,51)(H3,43,45,46,47,48)/b33-25+. The molecule has 1 amide bonds. The third-order valence-electron chi connectivity index (χ3n) is 8.06. The number of carbonyl (C=O) groups excluding carboxylic acids is 2. The number of benzene rings is 2. The van der Waals surface area contributed by atoms with Crippen LogP contribution in [0, 0.1) is 11.3 Å². The summed E-state index contributed by atoms with van der Waals surface area (Å²) in [5.74, 6) is -0.317. The molecule has 4 rings (SSSR count). The van der Waals surface area contributed by atoms with E-state index >= 15 is 0 Å². The molecule has 4 N–H and O–H groups in total. The van der Waals surface area contributed by atoms with Crippen LogP contribution in [-0.4, -0.2) is 124 Å². The Morgan fingerprint density at radius 3 is 2.08 bits per heavy atom. The summed E-state index contributed by atoms with van der Waals surface area (Å²) in [5.41, 5.74) is 9.13. The SMILES string of the molecule is COCCOCCOCCOCCOCCN(CCOC(=O)NCc1ccc(COc2nc(N)nc3nc[nH]c23)cc1)c1ccc(/C=C(\C#N)C(=O)OC(C)(C)C)cc1. The highest BCUT2D eigenvalue weighted by Crippen LogP contribution is 2.21. The Morgan fingerprint density at radius 2 is 1.46 bits per heavy atom. The number of alkyl carbamates (subject to hydrolysis) is 1. The van der Waals surface area contributed by atoms with E-state index in [1.807, 2.05) is 47.4 Å². The number of esters is 1. The molecule has 18 heteroatoms. The van der Waals surface area contributed by atoms with Crippen LogP contribution in [0.25, 0.3) is 17.2 Å². The lowest BCUT2D eigenvalue weighted by molar-refractivity contribution is -0.149.